The lowest BCUT2D eigenvalue weighted by Crippen LogP contribution is -2.32. The zero-order valence-corrected chi connectivity index (χ0v) is 22.5. The van der Waals surface area contributed by atoms with Gasteiger partial charge in [0, 0.05) is 18.8 Å². The van der Waals surface area contributed by atoms with Crippen LogP contribution in [0.15, 0.2) is 58.5 Å². The smallest absolute Gasteiger partial charge is 0.278 e. The van der Waals surface area contributed by atoms with E-state index in [1.807, 2.05) is 45.0 Å². The molecule has 4 rings (SSSR count). The SMILES string of the molecule is CCOc1ccc(-n2c(=S)sc3c(=O)n(-c4ccc(F)cc4)c(SCC(=O)N(CC)CC)nc32)cc1. The fourth-order valence-corrected chi connectivity index (χ4v) is 5.94. The van der Waals surface area contributed by atoms with Crippen molar-refractivity contribution in [1.82, 2.24) is 19.0 Å². The first-order valence-corrected chi connectivity index (χ1v) is 13.7. The maximum absolute atomic E-state index is 13.7. The van der Waals surface area contributed by atoms with Gasteiger partial charge in [0.1, 0.15) is 16.3 Å². The van der Waals surface area contributed by atoms with Crippen LogP contribution in [0.25, 0.3) is 21.7 Å². The Hall–Kier alpha value is -3.02. The van der Waals surface area contributed by atoms with Gasteiger partial charge in [0.05, 0.1) is 18.0 Å². The van der Waals surface area contributed by atoms with E-state index in [-0.39, 0.29) is 17.2 Å². The number of hydrogen-bond donors (Lipinski definition) is 0. The van der Waals surface area contributed by atoms with Crippen LogP contribution in [-0.4, -0.2) is 50.4 Å². The molecule has 2 aromatic heterocycles. The van der Waals surface area contributed by atoms with Crippen molar-refractivity contribution >= 4 is 51.6 Å². The van der Waals surface area contributed by atoms with Crippen molar-refractivity contribution in [2.75, 3.05) is 25.4 Å². The Morgan fingerprint density at radius 2 is 1.67 bits per heavy atom. The third-order valence-electron chi connectivity index (χ3n) is 5.51. The lowest BCUT2D eigenvalue weighted by molar-refractivity contribution is -0.127. The molecule has 0 N–H and O–H groups in total. The number of thiazole rings is 1. The van der Waals surface area contributed by atoms with Gasteiger partial charge in [0.15, 0.2) is 14.8 Å². The largest absolute Gasteiger partial charge is 0.494 e. The van der Waals surface area contributed by atoms with Crippen molar-refractivity contribution in [1.29, 1.82) is 0 Å². The Morgan fingerprint density at radius 3 is 2.28 bits per heavy atom. The van der Waals surface area contributed by atoms with Gasteiger partial charge in [-0.15, -0.1) is 0 Å². The predicted molar refractivity (Wildman–Crippen MR) is 145 cm³/mol. The molecule has 0 saturated carbocycles. The average Bonchev–Trinajstić information content (AvgIpc) is 3.21. The van der Waals surface area contributed by atoms with E-state index in [4.69, 9.17) is 21.9 Å². The summed E-state index contributed by atoms with van der Waals surface area (Å²) in [4.78, 5) is 32.9. The highest BCUT2D eigenvalue weighted by Gasteiger charge is 2.21. The fraction of sp³-hybridized carbons (Fsp3) is 0.280. The minimum atomic E-state index is -0.413. The van der Waals surface area contributed by atoms with Crippen LogP contribution in [0, 0.1) is 9.77 Å². The zero-order chi connectivity index (χ0) is 25.8. The summed E-state index contributed by atoms with van der Waals surface area (Å²) in [6, 6.07) is 13.0. The van der Waals surface area contributed by atoms with E-state index >= 15 is 0 Å². The van der Waals surface area contributed by atoms with Gasteiger partial charge in [-0.05, 0) is 81.5 Å². The number of rotatable bonds is 9. The van der Waals surface area contributed by atoms with Gasteiger partial charge >= 0.3 is 0 Å². The molecule has 0 unspecified atom stereocenters. The van der Waals surface area contributed by atoms with Crippen LogP contribution >= 0.6 is 35.3 Å². The predicted octanol–water partition coefficient (Wildman–Crippen LogP) is 5.47. The third kappa shape index (κ3) is 5.23. The molecule has 11 heteroatoms. The van der Waals surface area contributed by atoms with Gasteiger partial charge in [-0.25, -0.2) is 9.37 Å². The summed E-state index contributed by atoms with van der Waals surface area (Å²) < 4.78 is 23.1. The lowest BCUT2D eigenvalue weighted by atomic mass is 10.3. The Balaban J connectivity index is 1.87. The molecule has 2 heterocycles. The van der Waals surface area contributed by atoms with Crippen molar-refractivity contribution < 1.29 is 13.9 Å². The minimum absolute atomic E-state index is 0.0568. The van der Waals surface area contributed by atoms with Crippen LogP contribution in [-0.2, 0) is 4.79 Å². The molecule has 0 bridgehead atoms. The van der Waals surface area contributed by atoms with E-state index in [0.717, 1.165) is 22.8 Å². The van der Waals surface area contributed by atoms with Crippen molar-refractivity contribution in [3.63, 3.8) is 0 Å². The number of carbonyl (C=O) groups is 1. The Kier molecular flexibility index (Phi) is 8.22. The third-order valence-corrected chi connectivity index (χ3v) is 7.78. The molecule has 1 amide bonds. The van der Waals surface area contributed by atoms with E-state index in [1.54, 1.807) is 9.47 Å². The van der Waals surface area contributed by atoms with Crippen LogP contribution in [0.4, 0.5) is 4.39 Å². The van der Waals surface area contributed by atoms with E-state index in [1.165, 1.54) is 40.6 Å². The second-order valence-corrected chi connectivity index (χ2v) is 10.2. The van der Waals surface area contributed by atoms with Crippen molar-refractivity contribution in [3.8, 4) is 17.1 Å². The number of ether oxygens (including phenoxy) is 1. The normalized spacial score (nSPS) is 11.1. The number of carbonyl (C=O) groups excluding carboxylic acids is 1. The molecule has 7 nitrogen and oxygen atoms in total. The molecule has 0 spiro atoms. The van der Waals surface area contributed by atoms with Crippen LogP contribution in [0.5, 0.6) is 5.75 Å². The molecule has 0 atom stereocenters. The molecule has 0 fully saturated rings. The van der Waals surface area contributed by atoms with Gasteiger partial charge in [-0.2, -0.15) is 0 Å². The maximum Gasteiger partial charge on any atom is 0.278 e. The maximum atomic E-state index is 13.7. The number of amides is 1. The summed E-state index contributed by atoms with van der Waals surface area (Å²) in [6.45, 7) is 7.49. The highest BCUT2D eigenvalue weighted by atomic mass is 32.2. The summed E-state index contributed by atoms with van der Waals surface area (Å²) >= 11 is 7.95. The van der Waals surface area contributed by atoms with Gasteiger partial charge < -0.3 is 9.64 Å². The van der Waals surface area contributed by atoms with E-state index in [2.05, 4.69) is 0 Å². The highest BCUT2D eigenvalue weighted by Crippen LogP contribution is 2.28. The van der Waals surface area contributed by atoms with Gasteiger partial charge in [-0.3, -0.25) is 18.7 Å². The Bertz CT molecular complexity index is 1490. The van der Waals surface area contributed by atoms with E-state index in [9.17, 15) is 14.0 Å². The second-order valence-electron chi connectivity index (χ2n) is 7.65. The Labute approximate surface area is 221 Å². The first-order valence-electron chi connectivity index (χ1n) is 11.5. The quantitative estimate of drug-likeness (QED) is 0.158. The molecule has 0 aliphatic carbocycles. The number of fused-ring (bicyclic) bond motifs is 1. The monoisotopic (exact) mass is 544 g/mol. The minimum Gasteiger partial charge on any atom is -0.494 e. The molecule has 4 aromatic rings. The average molecular weight is 545 g/mol. The molecule has 0 saturated heterocycles. The highest BCUT2D eigenvalue weighted by molar-refractivity contribution is 7.99. The molecule has 0 aliphatic heterocycles. The summed E-state index contributed by atoms with van der Waals surface area (Å²) in [5, 5.41) is 0.326. The van der Waals surface area contributed by atoms with E-state index in [0.29, 0.717) is 44.8 Å². The van der Waals surface area contributed by atoms with Crippen LogP contribution in [0.3, 0.4) is 0 Å². The summed E-state index contributed by atoms with van der Waals surface area (Å²) in [5.74, 6) is 0.363. The standard InChI is InChI=1S/C25H25FN4O3S3/c1-4-28(5-2)20(31)15-35-24-27-22-21(23(32)30(24)18-9-7-16(26)8-10-18)36-25(34)29(22)17-11-13-19(14-12-17)33-6-3/h7-14H,4-6,15H2,1-3H3. The molecular formula is C25H25FN4O3S3. The summed E-state index contributed by atoms with van der Waals surface area (Å²) in [6.07, 6.45) is 0. The number of halogens is 1. The fourth-order valence-electron chi connectivity index (χ4n) is 3.73. The summed E-state index contributed by atoms with van der Waals surface area (Å²) in [5.41, 5.74) is 1.29. The van der Waals surface area contributed by atoms with Crippen LogP contribution in [0.2, 0.25) is 0 Å². The van der Waals surface area contributed by atoms with Gasteiger partial charge in [0.25, 0.3) is 5.56 Å². The van der Waals surface area contributed by atoms with Crippen molar-refractivity contribution in [2.45, 2.75) is 25.9 Å². The summed E-state index contributed by atoms with van der Waals surface area (Å²) in [7, 11) is 0. The Morgan fingerprint density at radius 1 is 1.06 bits per heavy atom. The lowest BCUT2D eigenvalue weighted by Gasteiger charge is -2.19. The molecule has 2 aromatic carbocycles. The molecule has 0 radical (unpaired) electrons. The second kappa shape index (κ2) is 11.4. The topological polar surface area (TPSA) is 69.4 Å². The van der Waals surface area contributed by atoms with Crippen molar-refractivity contribution in [3.05, 3.63) is 68.7 Å². The van der Waals surface area contributed by atoms with Crippen LogP contribution in [0.1, 0.15) is 20.8 Å². The van der Waals surface area contributed by atoms with E-state index < -0.39 is 5.82 Å². The number of hydrogen-bond acceptors (Lipinski definition) is 7. The number of thioether (sulfide) groups is 1. The number of aromatic nitrogens is 3. The molecule has 36 heavy (non-hydrogen) atoms. The zero-order valence-electron chi connectivity index (χ0n) is 20.1. The van der Waals surface area contributed by atoms with Gasteiger partial charge in [-0.1, -0.05) is 23.1 Å². The molecule has 0 aliphatic rings. The number of benzene rings is 2. The van der Waals surface area contributed by atoms with Gasteiger partial charge in [0.2, 0.25) is 5.91 Å². The number of nitrogens with zero attached hydrogens (tertiary/aromatic N) is 4. The first kappa shape index (κ1) is 26.1. The van der Waals surface area contributed by atoms with Crippen molar-refractivity contribution in [2.24, 2.45) is 0 Å². The molecular weight excluding hydrogens is 519 g/mol. The molecule has 188 valence electrons. The van der Waals surface area contributed by atoms with Crippen LogP contribution < -0.4 is 10.3 Å². The first-order chi connectivity index (χ1) is 17.4.